The van der Waals surface area contributed by atoms with Crippen molar-refractivity contribution < 1.29 is 22.7 Å². The van der Waals surface area contributed by atoms with Gasteiger partial charge in [-0.2, -0.15) is 9.65 Å². The van der Waals surface area contributed by atoms with Crippen molar-refractivity contribution in [1.82, 2.24) is 14.5 Å². The SMILES string of the molecule is N#Cc1cncn1CN1CC(Oc2ccc(F)c(F)c2F)CC1=O. The number of aromatic nitrogens is 2. The highest BCUT2D eigenvalue weighted by molar-refractivity contribution is 5.78. The summed E-state index contributed by atoms with van der Waals surface area (Å²) in [5.74, 6) is -5.07. The molecule has 124 valence electrons. The van der Waals surface area contributed by atoms with E-state index in [9.17, 15) is 18.0 Å². The summed E-state index contributed by atoms with van der Waals surface area (Å²) in [6.07, 6.45) is 2.04. The van der Waals surface area contributed by atoms with Crippen molar-refractivity contribution >= 4 is 5.91 Å². The summed E-state index contributed by atoms with van der Waals surface area (Å²) in [6, 6.07) is 3.67. The van der Waals surface area contributed by atoms with E-state index in [4.69, 9.17) is 10.00 Å². The normalized spacial score (nSPS) is 17.2. The molecular formula is C15H11F3N4O2. The van der Waals surface area contributed by atoms with Crippen LogP contribution in [0.2, 0.25) is 0 Å². The number of nitriles is 1. The lowest BCUT2D eigenvalue weighted by molar-refractivity contribution is -0.129. The topological polar surface area (TPSA) is 71.2 Å². The van der Waals surface area contributed by atoms with E-state index in [0.717, 1.165) is 12.1 Å². The minimum absolute atomic E-state index is 0.0327. The van der Waals surface area contributed by atoms with Gasteiger partial charge < -0.3 is 14.2 Å². The summed E-state index contributed by atoms with van der Waals surface area (Å²) in [7, 11) is 0. The summed E-state index contributed by atoms with van der Waals surface area (Å²) in [6.45, 7) is 0.224. The monoisotopic (exact) mass is 336 g/mol. The highest BCUT2D eigenvalue weighted by Gasteiger charge is 2.32. The van der Waals surface area contributed by atoms with Gasteiger partial charge in [0.05, 0.1) is 32.2 Å². The molecule has 3 rings (SSSR count). The molecule has 1 fully saturated rings. The number of imidazole rings is 1. The molecule has 1 aliphatic heterocycles. The Hall–Kier alpha value is -3.02. The maximum atomic E-state index is 13.6. The van der Waals surface area contributed by atoms with Gasteiger partial charge in [-0.05, 0) is 12.1 Å². The van der Waals surface area contributed by atoms with Crippen LogP contribution in [-0.2, 0) is 11.5 Å². The number of halogens is 3. The van der Waals surface area contributed by atoms with Gasteiger partial charge in [0.1, 0.15) is 17.9 Å². The van der Waals surface area contributed by atoms with Crippen LogP contribution in [0.4, 0.5) is 13.2 Å². The van der Waals surface area contributed by atoms with Crippen LogP contribution in [0.3, 0.4) is 0 Å². The van der Waals surface area contributed by atoms with Gasteiger partial charge in [0.25, 0.3) is 0 Å². The largest absolute Gasteiger partial charge is 0.485 e. The number of amides is 1. The van der Waals surface area contributed by atoms with Gasteiger partial charge in [-0.25, -0.2) is 13.8 Å². The van der Waals surface area contributed by atoms with Gasteiger partial charge in [-0.1, -0.05) is 0 Å². The van der Waals surface area contributed by atoms with E-state index in [1.54, 1.807) is 0 Å². The highest BCUT2D eigenvalue weighted by Crippen LogP contribution is 2.25. The summed E-state index contributed by atoms with van der Waals surface area (Å²) in [4.78, 5) is 17.2. The Balaban J connectivity index is 1.69. The van der Waals surface area contributed by atoms with E-state index in [1.807, 2.05) is 6.07 Å². The average molecular weight is 336 g/mol. The first kappa shape index (κ1) is 15.9. The second kappa shape index (κ2) is 6.23. The Morgan fingerprint density at radius 3 is 2.88 bits per heavy atom. The molecule has 1 saturated heterocycles. The second-order valence-electron chi connectivity index (χ2n) is 5.24. The zero-order chi connectivity index (χ0) is 17.3. The molecule has 24 heavy (non-hydrogen) atoms. The van der Waals surface area contributed by atoms with Crippen molar-refractivity contribution in [2.45, 2.75) is 19.2 Å². The maximum absolute atomic E-state index is 13.6. The Bertz CT molecular complexity index is 831. The van der Waals surface area contributed by atoms with E-state index >= 15 is 0 Å². The Morgan fingerprint density at radius 2 is 2.12 bits per heavy atom. The number of hydrogen-bond donors (Lipinski definition) is 0. The van der Waals surface area contributed by atoms with Gasteiger partial charge in [-0.15, -0.1) is 0 Å². The van der Waals surface area contributed by atoms with E-state index in [-0.39, 0.29) is 25.5 Å². The molecule has 1 aromatic heterocycles. The fourth-order valence-electron chi connectivity index (χ4n) is 2.44. The molecule has 9 heteroatoms. The molecule has 0 bridgehead atoms. The molecule has 0 saturated carbocycles. The number of rotatable bonds is 4. The second-order valence-corrected chi connectivity index (χ2v) is 5.24. The molecule has 6 nitrogen and oxygen atoms in total. The first-order chi connectivity index (χ1) is 11.5. The zero-order valence-electron chi connectivity index (χ0n) is 12.2. The fraction of sp³-hybridized carbons (Fsp3) is 0.267. The van der Waals surface area contributed by atoms with Crippen molar-refractivity contribution in [2.75, 3.05) is 6.54 Å². The zero-order valence-corrected chi connectivity index (χ0v) is 12.2. The van der Waals surface area contributed by atoms with Gasteiger partial charge in [0.15, 0.2) is 17.4 Å². The molecule has 2 aromatic rings. The Kier molecular flexibility index (Phi) is 4.12. The van der Waals surface area contributed by atoms with E-state index in [1.165, 1.54) is 22.0 Å². The number of ether oxygens (including phenoxy) is 1. The number of likely N-dealkylation sites (tertiary alicyclic amines) is 1. The van der Waals surface area contributed by atoms with E-state index in [0.29, 0.717) is 5.69 Å². The molecule has 1 amide bonds. The standard InChI is InChI=1S/C15H11F3N4O2/c16-11-1-2-12(15(18)14(11)17)24-10-3-13(23)21(6-10)8-22-7-20-5-9(22)4-19/h1-2,5,7,10H,3,6,8H2. The van der Waals surface area contributed by atoms with Crippen LogP contribution in [0, 0.1) is 28.8 Å². The molecule has 0 radical (unpaired) electrons. The molecule has 2 heterocycles. The van der Waals surface area contributed by atoms with Gasteiger partial charge in [0.2, 0.25) is 11.7 Å². The van der Waals surface area contributed by atoms with Gasteiger partial charge >= 0.3 is 0 Å². The van der Waals surface area contributed by atoms with Crippen LogP contribution in [0.1, 0.15) is 12.1 Å². The molecular weight excluding hydrogens is 325 g/mol. The lowest BCUT2D eigenvalue weighted by Gasteiger charge is -2.18. The third kappa shape index (κ3) is 2.90. The summed E-state index contributed by atoms with van der Waals surface area (Å²) >= 11 is 0. The van der Waals surface area contributed by atoms with Crippen LogP contribution in [0.5, 0.6) is 5.75 Å². The molecule has 0 N–H and O–H groups in total. The Labute approximate surface area is 134 Å². The molecule has 0 spiro atoms. The Morgan fingerprint density at radius 1 is 1.33 bits per heavy atom. The average Bonchev–Trinajstić information content (AvgIpc) is 3.15. The fourth-order valence-corrected chi connectivity index (χ4v) is 2.44. The van der Waals surface area contributed by atoms with E-state index < -0.39 is 29.3 Å². The van der Waals surface area contributed by atoms with Gasteiger partial charge in [0, 0.05) is 0 Å². The van der Waals surface area contributed by atoms with Gasteiger partial charge in [-0.3, -0.25) is 4.79 Å². The smallest absolute Gasteiger partial charge is 0.227 e. The quantitative estimate of drug-likeness (QED) is 0.799. The highest BCUT2D eigenvalue weighted by atomic mass is 19.2. The van der Waals surface area contributed by atoms with Crippen molar-refractivity contribution in [3.63, 3.8) is 0 Å². The molecule has 1 unspecified atom stereocenters. The lowest BCUT2D eigenvalue weighted by Crippen LogP contribution is -2.29. The lowest BCUT2D eigenvalue weighted by atomic mass is 10.3. The first-order valence-corrected chi connectivity index (χ1v) is 6.97. The van der Waals surface area contributed by atoms with Crippen molar-refractivity contribution in [3.05, 3.63) is 47.8 Å². The minimum atomic E-state index is -1.62. The summed E-state index contributed by atoms with van der Waals surface area (Å²) in [5, 5.41) is 8.93. The molecule has 1 aliphatic rings. The molecule has 1 aromatic carbocycles. The predicted octanol–water partition coefficient (Wildman–Crippen LogP) is 1.81. The number of hydrogen-bond acceptors (Lipinski definition) is 4. The summed E-state index contributed by atoms with van der Waals surface area (Å²) in [5.41, 5.74) is 0.291. The number of carbonyl (C=O) groups is 1. The number of carbonyl (C=O) groups excluding carboxylic acids is 1. The number of benzene rings is 1. The third-order valence-electron chi connectivity index (χ3n) is 3.62. The van der Waals surface area contributed by atoms with Crippen molar-refractivity contribution in [2.24, 2.45) is 0 Å². The van der Waals surface area contributed by atoms with Crippen LogP contribution in [0.25, 0.3) is 0 Å². The van der Waals surface area contributed by atoms with Crippen molar-refractivity contribution in [1.29, 1.82) is 5.26 Å². The molecule has 0 aliphatic carbocycles. The van der Waals surface area contributed by atoms with Crippen LogP contribution < -0.4 is 4.74 Å². The predicted molar refractivity (Wildman–Crippen MR) is 74.0 cm³/mol. The summed E-state index contributed by atoms with van der Waals surface area (Å²) < 4.78 is 46.5. The van der Waals surface area contributed by atoms with E-state index in [2.05, 4.69) is 4.98 Å². The van der Waals surface area contributed by atoms with Crippen LogP contribution >= 0.6 is 0 Å². The molecule has 1 atom stereocenters. The third-order valence-corrected chi connectivity index (χ3v) is 3.62. The minimum Gasteiger partial charge on any atom is -0.485 e. The number of nitrogens with zero attached hydrogens (tertiary/aromatic N) is 4. The first-order valence-electron chi connectivity index (χ1n) is 6.97. The maximum Gasteiger partial charge on any atom is 0.227 e. The van der Waals surface area contributed by atoms with Crippen LogP contribution in [0.15, 0.2) is 24.7 Å². The van der Waals surface area contributed by atoms with Crippen molar-refractivity contribution in [3.8, 4) is 11.8 Å². The van der Waals surface area contributed by atoms with Crippen LogP contribution in [-0.4, -0.2) is 33.0 Å².